The highest BCUT2D eigenvalue weighted by Crippen LogP contribution is 2.40. The summed E-state index contributed by atoms with van der Waals surface area (Å²) in [6.07, 6.45) is 2.96. The van der Waals surface area contributed by atoms with Crippen LogP contribution in [0.2, 0.25) is 0 Å². The number of ether oxygens (including phenoxy) is 3. The second-order valence-electron chi connectivity index (χ2n) is 5.71. The quantitative estimate of drug-likeness (QED) is 0.849. The van der Waals surface area contributed by atoms with Crippen molar-refractivity contribution in [1.82, 2.24) is 9.88 Å². The van der Waals surface area contributed by atoms with Crippen LogP contribution in [0.15, 0.2) is 36.5 Å². The molecule has 0 amide bonds. The van der Waals surface area contributed by atoms with Gasteiger partial charge in [-0.1, -0.05) is 6.07 Å². The van der Waals surface area contributed by atoms with E-state index in [0.29, 0.717) is 11.5 Å². The summed E-state index contributed by atoms with van der Waals surface area (Å²) in [6, 6.07) is 9.61. The van der Waals surface area contributed by atoms with Crippen LogP contribution in [0.5, 0.6) is 17.2 Å². The van der Waals surface area contributed by atoms with Gasteiger partial charge in [-0.3, -0.25) is 4.98 Å². The fourth-order valence-corrected chi connectivity index (χ4v) is 2.85. The van der Waals surface area contributed by atoms with Crippen LogP contribution in [0.1, 0.15) is 6.42 Å². The predicted molar refractivity (Wildman–Crippen MR) is 89.3 cm³/mol. The zero-order chi connectivity index (χ0) is 16.2. The van der Waals surface area contributed by atoms with Crippen molar-refractivity contribution in [3.05, 3.63) is 36.5 Å². The van der Waals surface area contributed by atoms with Crippen molar-refractivity contribution < 1.29 is 14.2 Å². The number of likely N-dealkylation sites (N-methyl/N-ethyl adjacent to an activating group) is 1. The summed E-state index contributed by atoms with van der Waals surface area (Å²) in [7, 11) is 5.41. The molecule has 0 saturated carbocycles. The van der Waals surface area contributed by atoms with Gasteiger partial charge in [0, 0.05) is 30.9 Å². The monoisotopic (exact) mass is 314 g/mol. The number of aromatic nitrogens is 1. The topological polar surface area (TPSA) is 43.8 Å². The molecule has 1 aromatic heterocycles. The minimum atomic E-state index is 0.180. The van der Waals surface area contributed by atoms with E-state index >= 15 is 0 Å². The van der Waals surface area contributed by atoms with Crippen LogP contribution >= 0.6 is 0 Å². The normalized spacial score (nSPS) is 18.0. The summed E-state index contributed by atoms with van der Waals surface area (Å²) in [5.74, 6) is 2.14. The summed E-state index contributed by atoms with van der Waals surface area (Å²) in [6.45, 7) is 1.98. The molecule has 5 nitrogen and oxygen atoms in total. The molecular weight excluding hydrogens is 292 g/mol. The number of hydrogen-bond acceptors (Lipinski definition) is 5. The van der Waals surface area contributed by atoms with Crippen LogP contribution in [-0.4, -0.2) is 50.3 Å². The molecule has 1 saturated heterocycles. The molecule has 122 valence electrons. The number of hydrogen-bond donors (Lipinski definition) is 0. The van der Waals surface area contributed by atoms with Crippen molar-refractivity contribution in [2.45, 2.75) is 12.5 Å². The van der Waals surface area contributed by atoms with Crippen molar-refractivity contribution in [3.63, 3.8) is 0 Å². The lowest BCUT2D eigenvalue weighted by atomic mass is 10.1. The van der Waals surface area contributed by atoms with Gasteiger partial charge in [0.25, 0.3) is 0 Å². The van der Waals surface area contributed by atoms with E-state index in [1.54, 1.807) is 20.4 Å². The van der Waals surface area contributed by atoms with Gasteiger partial charge < -0.3 is 19.1 Å². The summed E-state index contributed by atoms with van der Waals surface area (Å²) in [4.78, 5) is 6.65. The molecule has 0 N–H and O–H groups in total. The van der Waals surface area contributed by atoms with Gasteiger partial charge in [-0.15, -0.1) is 0 Å². The van der Waals surface area contributed by atoms with Gasteiger partial charge >= 0.3 is 0 Å². The molecule has 1 aliphatic heterocycles. The van der Waals surface area contributed by atoms with Crippen LogP contribution < -0.4 is 14.2 Å². The first kappa shape index (κ1) is 15.6. The van der Waals surface area contributed by atoms with Crippen LogP contribution in [0.25, 0.3) is 11.3 Å². The van der Waals surface area contributed by atoms with Gasteiger partial charge in [-0.2, -0.15) is 0 Å². The molecule has 5 heteroatoms. The van der Waals surface area contributed by atoms with E-state index in [9.17, 15) is 0 Å². The van der Waals surface area contributed by atoms with Gasteiger partial charge in [-0.25, -0.2) is 0 Å². The van der Waals surface area contributed by atoms with E-state index in [2.05, 4.69) is 16.9 Å². The van der Waals surface area contributed by atoms with E-state index in [1.165, 1.54) is 0 Å². The largest absolute Gasteiger partial charge is 0.496 e. The summed E-state index contributed by atoms with van der Waals surface area (Å²) >= 11 is 0. The third-order valence-corrected chi connectivity index (χ3v) is 4.07. The van der Waals surface area contributed by atoms with Crippen molar-refractivity contribution in [1.29, 1.82) is 0 Å². The van der Waals surface area contributed by atoms with Crippen LogP contribution in [0, 0.1) is 0 Å². The second-order valence-corrected chi connectivity index (χ2v) is 5.71. The molecule has 23 heavy (non-hydrogen) atoms. The predicted octanol–water partition coefficient (Wildman–Crippen LogP) is 2.85. The number of nitrogens with zero attached hydrogens (tertiary/aromatic N) is 2. The van der Waals surface area contributed by atoms with E-state index in [-0.39, 0.29) is 6.10 Å². The Morgan fingerprint density at radius 3 is 2.52 bits per heavy atom. The van der Waals surface area contributed by atoms with Crippen molar-refractivity contribution in [2.24, 2.45) is 0 Å². The van der Waals surface area contributed by atoms with Crippen LogP contribution in [0.3, 0.4) is 0 Å². The third kappa shape index (κ3) is 3.40. The number of pyridine rings is 1. The molecule has 3 rings (SSSR count). The SMILES string of the molecule is COc1cc(-c2ccccn2)c(OC)cc1OC1CCN(C)C1. The van der Waals surface area contributed by atoms with Gasteiger partial charge in [-0.05, 0) is 31.7 Å². The molecule has 0 bridgehead atoms. The molecule has 1 aromatic carbocycles. The highest BCUT2D eigenvalue weighted by atomic mass is 16.5. The van der Waals surface area contributed by atoms with E-state index in [4.69, 9.17) is 14.2 Å². The maximum absolute atomic E-state index is 6.13. The Morgan fingerprint density at radius 1 is 1.09 bits per heavy atom. The molecule has 2 heterocycles. The molecule has 1 fully saturated rings. The lowest BCUT2D eigenvalue weighted by Gasteiger charge is -2.18. The molecule has 0 radical (unpaired) electrons. The lowest BCUT2D eigenvalue weighted by Crippen LogP contribution is -2.21. The van der Waals surface area contributed by atoms with Crippen LogP contribution in [-0.2, 0) is 0 Å². The zero-order valence-corrected chi connectivity index (χ0v) is 13.8. The van der Waals surface area contributed by atoms with Gasteiger partial charge in [0.1, 0.15) is 11.9 Å². The van der Waals surface area contributed by atoms with E-state index in [1.807, 2.05) is 30.3 Å². The smallest absolute Gasteiger partial charge is 0.165 e. The number of rotatable bonds is 5. The Morgan fingerprint density at radius 2 is 1.91 bits per heavy atom. The maximum Gasteiger partial charge on any atom is 0.165 e. The summed E-state index contributed by atoms with van der Waals surface area (Å²) in [5.41, 5.74) is 1.73. The van der Waals surface area contributed by atoms with Gasteiger partial charge in [0.15, 0.2) is 11.5 Å². The van der Waals surface area contributed by atoms with Crippen LogP contribution in [0.4, 0.5) is 0 Å². The molecule has 1 aliphatic rings. The second kappa shape index (κ2) is 6.87. The fourth-order valence-electron chi connectivity index (χ4n) is 2.85. The third-order valence-electron chi connectivity index (χ3n) is 4.07. The van der Waals surface area contributed by atoms with Gasteiger partial charge in [0.2, 0.25) is 0 Å². The first-order valence-corrected chi connectivity index (χ1v) is 7.74. The molecule has 0 spiro atoms. The minimum Gasteiger partial charge on any atom is -0.496 e. The first-order valence-electron chi connectivity index (χ1n) is 7.74. The Bertz CT molecular complexity index is 661. The Hall–Kier alpha value is -2.27. The number of benzene rings is 1. The fraction of sp³-hybridized carbons (Fsp3) is 0.389. The molecule has 1 unspecified atom stereocenters. The highest BCUT2D eigenvalue weighted by molar-refractivity contribution is 5.71. The Labute approximate surface area is 136 Å². The average molecular weight is 314 g/mol. The minimum absolute atomic E-state index is 0.180. The number of likely N-dealkylation sites (tertiary alicyclic amines) is 1. The van der Waals surface area contributed by atoms with E-state index in [0.717, 1.165) is 36.5 Å². The Balaban J connectivity index is 1.95. The standard InChI is InChI=1S/C18H22N2O3/c1-20-9-7-13(12-20)23-18-11-16(21-2)14(10-17(18)22-3)15-6-4-5-8-19-15/h4-6,8,10-11,13H,7,9,12H2,1-3H3. The highest BCUT2D eigenvalue weighted by Gasteiger charge is 2.23. The zero-order valence-electron chi connectivity index (χ0n) is 13.8. The average Bonchev–Trinajstić information content (AvgIpc) is 3.00. The summed E-state index contributed by atoms with van der Waals surface area (Å²) < 4.78 is 17.2. The molecular formula is C18H22N2O3. The van der Waals surface area contributed by atoms with Crippen molar-refractivity contribution >= 4 is 0 Å². The number of methoxy groups -OCH3 is 2. The summed E-state index contributed by atoms with van der Waals surface area (Å²) in [5, 5.41) is 0. The molecule has 0 aliphatic carbocycles. The van der Waals surface area contributed by atoms with Crippen molar-refractivity contribution in [3.8, 4) is 28.5 Å². The van der Waals surface area contributed by atoms with Gasteiger partial charge in [0.05, 0.1) is 19.9 Å². The first-order chi connectivity index (χ1) is 11.2. The lowest BCUT2D eigenvalue weighted by molar-refractivity contribution is 0.199. The molecule has 2 aromatic rings. The Kier molecular flexibility index (Phi) is 4.67. The van der Waals surface area contributed by atoms with Crippen molar-refractivity contribution in [2.75, 3.05) is 34.4 Å². The van der Waals surface area contributed by atoms with E-state index < -0.39 is 0 Å². The molecule has 1 atom stereocenters. The maximum atomic E-state index is 6.13.